The number of hydrogen-bond acceptors (Lipinski definition) is 6. The minimum absolute atomic E-state index is 0.338. The van der Waals surface area contributed by atoms with E-state index in [4.69, 9.17) is 10.2 Å². The smallest absolute Gasteiger partial charge is 0.0646 e. The van der Waals surface area contributed by atoms with Gasteiger partial charge in [-0.15, -0.1) is 0 Å². The average Bonchev–Trinajstić information content (AvgIpc) is 2.94. The minimum Gasteiger partial charge on any atom is -0.396 e. The largest absolute Gasteiger partial charge is 0.396 e. The molecule has 0 aromatic heterocycles. The molecule has 0 aliphatic carbocycles. The second kappa shape index (κ2) is 29.7. The van der Waals surface area contributed by atoms with Crippen LogP contribution in [-0.4, -0.2) is 66.3 Å². The lowest BCUT2D eigenvalue weighted by molar-refractivity contribution is -0.0409. The molecule has 0 rings (SSSR count). The standard InChI is InChI=1S/2C20H42O3/c1-19(2,22)16-17-20(3,23)15-13-11-9-7-5-4-6-8-10-12-14-18-21;1-19(2,22)18-20(3,23)16-14-12-10-8-6-4-5-7-9-11-13-15-17-21/h2*21-23H,4-18H2,1-3H3. The van der Waals surface area contributed by atoms with Crippen molar-refractivity contribution in [3.8, 4) is 0 Å². The first kappa shape index (κ1) is 47.9. The molecular formula is C40H84O6. The van der Waals surface area contributed by atoms with Crippen LogP contribution in [0.4, 0.5) is 0 Å². The highest BCUT2D eigenvalue weighted by molar-refractivity contribution is 4.81. The molecule has 0 fully saturated rings. The van der Waals surface area contributed by atoms with Gasteiger partial charge < -0.3 is 30.6 Å². The summed E-state index contributed by atoms with van der Waals surface area (Å²) in [5.41, 5.74) is -2.84. The Morgan fingerprint density at radius 1 is 0.283 bits per heavy atom. The third-order valence-corrected chi connectivity index (χ3v) is 9.09. The highest BCUT2D eigenvalue weighted by Crippen LogP contribution is 2.26. The fourth-order valence-electron chi connectivity index (χ4n) is 6.31. The second-order valence-corrected chi connectivity index (χ2v) is 16.4. The van der Waals surface area contributed by atoms with Crippen LogP contribution in [0.2, 0.25) is 0 Å². The Morgan fingerprint density at radius 3 is 0.804 bits per heavy atom. The zero-order chi connectivity index (χ0) is 35.2. The molecule has 0 saturated carbocycles. The first-order valence-electron chi connectivity index (χ1n) is 19.6. The molecule has 0 radical (unpaired) electrons. The Kier molecular flexibility index (Phi) is 30.9. The summed E-state index contributed by atoms with van der Waals surface area (Å²) < 4.78 is 0. The van der Waals surface area contributed by atoms with E-state index in [0.717, 1.165) is 38.5 Å². The highest BCUT2D eigenvalue weighted by atomic mass is 16.3. The molecule has 6 N–H and O–H groups in total. The van der Waals surface area contributed by atoms with Gasteiger partial charge in [-0.25, -0.2) is 0 Å². The van der Waals surface area contributed by atoms with Gasteiger partial charge in [0.1, 0.15) is 0 Å². The van der Waals surface area contributed by atoms with Crippen molar-refractivity contribution < 1.29 is 30.6 Å². The van der Waals surface area contributed by atoms with Crippen molar-refractivity contribution in [2.24, 2.45) is 0 Å². The van der Waals surface area contributed by atoms with E-state index in [9.17, 15) is 20.4 Å². The molecule has 0 heterocycles. The quantitative estimate of drug-likeness (QED) is 0.0400. The molecule has 46 heavy (non-hydrogen) atoms. The van der Waals surface area contributed by atoms with E-state index in [1.165, 1.54) is 122 Å². The molecule has 0 amide bonds. The van der Waals surface area contributed by atoms with Crippen molar-refractivity contribution >= 4 is 0 Å². The Labute approximate surface area is 287 Å². The monoisotopic (exact) mass is 661 g/mol. The molecule has 280 valence electrons. The molecule has 0 spiro atoms. The summed E-state index contributed by atoms with van der Waals surface area (Å²) in [5, 5.41) is 57.5. The molecule has 0 aromatic carbocycles. The van der Waals surface area contributed by atoms with Crippen LogP contribution in [0.15, 0.2) is 0 Å². The average molecular weight is 661 g/mol. The summed E-state index contributed by atoms with van der Waals surface area (Å²) in [6.45, 7) is 11.5. The van der Waals surface area contributed by atoms with E-state index in [0.29, 0.717) is 32.5 Å². The van der Waals surface area contributed by atoms with E-state index in [1.807, 2.05) is 13.8 Å². The SMILES string of the molecule is CC(C)(O)CC(C)(O)CCCCCCCCCCCCCCO.CC(C)(O)CCC(C)(O)CCCCCCCCCCCCCO. The topological polar surface area (TPSA) is 121 Å². The van der Waals surface area contributed by atoms with Gasteiger partial charge in [0.25, 0.3) is 0 Å². The lowest BCUT2D eigenvalue weighted by Crippen LogP contribution is -2.35. The third kappa shape index (κ3) is 41.8. The van der Waals surface area contributed by atoms with Gasteiger partial charge >= 0.3 is 0 Å². The summed E-state index contributed by atoms with van der Waals surface area (Å²) >= 11 is 0. The van der Waals surface area contributed by atoms with Crippen molar-refractivity contribution in [1.29, 1.82) is 0 Å². The molecule has 0 aliphatic rings. The molecule has 6 heteroatoms. The summed E-state index contributed by atoms with van der Waals surface area (Å²) in [6.07, 6.45) is 31.8. The maximum absolute atomic E-state index is 10.3. The zero-order valence-electron chi connectivity index (χ0n) is 31.9. The lowest BCUT2D eigenvalue weighted by Gasteiger charge is -2.30. The second-order valence-electron chi connectivity index (χ2n) is 16.4. The van der Waals surface area contributed by atoms with E-state index in [-0.39, 0.29) is 0 Å². The molecule has 2 atom stereocenters. The van der Waals surface area contributed by atoms with Gasteiger partial charge in [0.05, 0.1) is 22.4 Å². The van der Waals surface area contributed by atoms with Crippen molar-refractivity contribution in [1.82, 2.24) is 0 Å². The molecule has 6 nitrogen and oxygen atoms in total. The van der Waals surface area contributed by atoms with Gasteiger partial charge in [-0.05, 0) is 80.1 Å². The first-order chi connectivity index (χ1) is 21.5. The molecular weight excluding hydrogens is 576 g/mol. The Hall–Kier alpha value is -0.240. The van der Waals surface area contributed by atoms with Crippen LogP contribution in [0.3, 0.4) is 0 Å². The Bertz CT molecular complexity index is 620. The number of hydrogen-bond donors (Lipinski definition) is 6. The highest BCUT2D eigenvalue weighted by Gasteiger charge is 2.28. The van der Waals surface area contributed by atoms with Gasteiger partial charge in [0.15, 0.2) is 0 Å². The predicted octanol–water partition coefficient (Wildman–Crippen LogP) is 9.92. The van der Waals surface area contributed by atoms with Crippen LogP contribution in [0.1, 0.15) is 221 Å². The number of aliphatic hydroxyl groups excluding tert-OH is 2. The third-order valence-electron chi connectivity index (χ3n) is 9.09. The minimum atomic E-state index is -0.790. The van der Waals surface area contributed by atoms with Gasteiger partial charge in [-0.3, -0.25) is 0 Å². The fraction of sp³-hybridized carbons (Fsp3) is 1.00. The van der Waals surface area contributed by atoms with E-state index in [2.05, 4.69) is 0 Å². The van der Waals surface area contributed by atoms with Crippen LogP contribution in [0.25, 0.3) is 0 Å². The summed E-state index contributed by atoms with van der Waals surface area (Å²) in [6, 6.07) is 0. The molecule has 0 bridgehead atoms. The Balaban J connectivity index is 0. The summed E-state index contributed by atoms with van der Waals surface area (Å²) in [5.74, 6) is 0. The fourth-order valence-corrected chi connectivity index (χ4v) is 6.31. The van der Waals surface area contributed by atoms with Crippen molar-refractivity contribution in [2.75, 3.05) is 13.2 Å². The lowest BCUT2D eigenvalue weighted by atomic mass is 9.87. The Morgan fingerprint density at radius 2 is 0.543 bits per heavy atom. The number of aliphatic hydroxyl groups is 6. The molecule has 0 aliphatic heterocycles. The van der Waals surface area contributed by atoms with Crippen LogP contribution in [0, 0.1) is 0 Å². The first-order valence-corrected chi connectivity index (χ1v) is 19.6. The van der Waals surface area contributed by atoms with Crippen LogP contribution in [0.5, 0.6) is 0 Å². The number of unbranched alkanes of at least 4 members (excludes halogenated alkanes) is 21. The van der Waals surface area contributed by atoms with E-state index >= 15 is 0 Å². The van der Waals surface area contributed by atoms with E-state index in [1.54, 1.807) is 27.7 Å². The van der Waals surface area contributed by atoms with Gasteiger partial charge in [-0.1, -0.05) is 135 Å². The summed E-state index contributed by atoms with van der Waals surface area (Å²) in [7, 11) is 0. The van der Waals surface area contributed by atoms with Gasteiger partial charge in [-0.2, -0.15) is 0 Å². The molecule has 0 saturated heterocycles. The van der Waals surface area contributed by atoms with Gasteiger partial charge in [0, 0.05) is 19.6 Å². The molecule has 2 unspecified atom stereocenters. The zero-order valence-corrected chi connectivity index (χ0v) is 31.9. The molecule has 0 aromatic rings. The van der Waals surface area contributed by atoms with Crippen molar-refractivity contribution in [3.63, 3.8) is 0 Å². The summed E-state index contributed by atoms with van der Waals surface area (Å²) in [4.78, 5) is 0. The van der Waals surface area contributed by atoms with Crippen molar-refractivity contribution in [2.45, 2.75) is 244 Å². The van der Waals surface area contributed by atoms with Crippen molar-refractivity contribution in [3.05, 3.63) is 0 Å². The van der Waals surface area contributed by atoms with Crippen LogP contribution >= 0.6 is 0 Å². The number of rotatable bonds is 32. The van der Waals surface area contributed by atoms with Crippen LogP contribution in [-0.2, 0) is 0 Å². The van der Waals surface area contributed by atoms with Gasteiger partial charge in [0.2, 0.25) is 0 Å². The van der Waals surface area contributed by atoms with E-state index < -0.39 is 22.4 Å². The maximum Gasteiger partial charge on any atom is 0.0646 e. The maximum atomic E-state index is 10.3. The normalized spacial score (nSPS) is 14.9. The predicted molar refractivity (Wildman–Crippen MR) is 197 cm³/mol. The van der Waals surface area contributed by atoms with Crippen LogP contribution < -0.4 is 0 Å².